The third-order valence-electron chi connectivity index (χ3n) is 5.58. The molecule has 152 valence electrons. The molecule has 3 aliphatic rings. The average Bonchev–Trinajstić information content (AvgIpc) is 2.63. The van der Waals surface area contributed by atoms with Crippen LogP contribution in [0.2, 0.25) is 0 Å². The Hall–Kier alpha value is -1.58. The molecule has 0 saturated heterocycles. The summed E-state index contributed by atoms with van der Waals surface area (Å²) >= 11 is 0. The lowest BCUT2D eigenvalue weighted by Crippen LogP contribution is -2.70. The van der Waals surface area contributed by atoms with E-state index in [0.717, 1.165) is 6.42 Å². The first-order valence-electron chi connectivity index (χ1n) is 9.17. The lowest BCUT2D eigenvalue weighted by Gasteiger charge is -2.54. The highest BCUT2D eigenvalue weighted by molar-refractivity contribution is 5.48. The van der Waals surface area contributed by atoms with Crippen molar-refractivity contribution in [3.05, 3.63) is 65.5 Å². The zero-order valence-corrected chi connectivity index (χ0v) is 16.8. The molecule has 1 aromatic carbocycles. The van der Waals surface area contributed by atoms with Crippen molar-refractivity contribution in [2.24, 2.45) is 0 Å². The van der Waals surface area contributed by atoms with E-state index in [2.05, 4.69) is 74.0 Å². The van der Waals surface area contributed by atoms with Gasteiger partial charge in [-0.1, -0.05) is 30.3 Å². The van der Waals surface area contributed by atoms with E-state index in [4.69, 9.17) is 28.1 Å². The van der Waals surface area contributed by atoms with Crippen molar-refractivity contribution >= 4 is 0 Å². The van der Waals surface area contributed by atoms with Gasteiger partial charge in [0.1, 0.15) is 5.41 Å². The maximum absolute atomic E-state index is 8.49. The second-order valence-electron chi connectivity index (χ2n) is 6.92. The Morgan fingerprint density at radius 1 is 1.00 bits per heavy atom. The lowest BCUT2D eigenvalue weighted by atomic mass is 9.60. The quantitative estimate of drug-likeness (QED) is 0.453. The highest BCUT2D eigenvalue weighted by Crippen LogP contribution is 2.56. The molecular weight excluding hydrogens is 386 g/mol. The summed E-state index contributed by atoms with van der Waals surface area (Å²) in [6.07, 6.45) is 3.04. The van der Waals surface area contributed by atoms with E-state index in [1.807, 2.05) is 0 Å². The molecule has 7 nitrogen and oxygen atoms in total. The Balaban J connectivity index is 0.000000403. The van der Waals surface area contributed by atoms with Gasteiger partial charge in [-0.05, 0) is 26.3 Å². The highest BCUT2D eigenvalue weighted by atomic mass is 35.7. The lowest BCUT2D eigenvalue weighted by molar-refractivity contribution is -2.00. The van der Waals surface area contributed by atoms with Crippen LogP contribution in [0.15, 0.2) is 48.7 Å². The average molecular weight is 410 g/mol. The number of hydrogen-bond donors (Lipinski definition) is 0. The number of ether oxygens (including phenoxy) is 2. The molecule has 0 amide bonds. The van der Waals surface area contributed by atoms with Crippen LogP contribution in [-0.4, -0.2) is 19.0 Å². The standard InChI is InChI=1S/C20H24NO2.ClHO4/c1-4-22-20(23-5-2)14-17-15-10-6-7-11-16(15)19(20,3)18-12-8-9-13-21(17)18;2-1(3,4)5/h6-13,17H,4-5,14H2,1-3H3;(H,2,3,4,5)/q+1;/p-1. The molecule has 0 saturated carbocycles. The van der Waals surface area contributed by atoms with E-state index in [-0.39, 0.29) is 11.5 Å². The van der Waals surface area contributed by atoms with Crippen LogP contribution in [0.3, 0.4) is 0 Å². The van der Waals surface area contributed by atoms with Crippen molar-refractivity contribution < 1.29 is 42.9 Å². The Morgan fingerprint density at radius 3 is 2.18 bits per heavy atom. The van der Waals surface area contributed by atoms with Gasteiger partial charge in [0.05, 0.1) is 6.42 Å². The molecule has 2 aromatic rings. The number of nitrogens with zero attached hydrogens (tertiary/aromatic N) is 1. The van der Waals surface area contributed by atoms with Crippen molar-refractivity contribution in [3.63, 3.8) is 0 Å². The molecule has 8 heteroatoms. The number of halogens is 1. The molecule has 5 rings (SSSR count). The van der Waals surface area contributed by atoms with Crippen molar-refractivity contribution in [3.8, 4) is 0 Å². The molecule has 1 aromatic heterocycles. The summed E-state index contributed by atoms with van der Waals surface area (Å²) in [4.78, 5) is 0. The molecule has 2 bridgehead atoms. The van der Waals surface area contributed by atoms with Crippen molar-refractivity contribution in [1.82, 2.24) is 0 Å². The Labute approximate surface area is 166 Å². The van der Waals surface area contributed by atoms with Crippen LogP contribution >= 0.6 is 0 Å². The van der Waals surface area contributed by atoms with Gasteiger partial charge >= 0.3 is 0 Å². The summed E-state index contributed by atoms with van der Waals surface area (Å²) in [5.41, 5.74) is 3.70. The number of aromatic nitrogens is 1. The van der Waals surface area contributed by atoms with Gasteiger partial charge in [0.2, 0.25) is 0 Å². The summed E-state index contributed by atoms with van der Waals surface area (Å²) in [5, 5.41) is 0. The van der Waals surface area contributed by atoms with Gasteiger partial charge in [0.15, 0.2) is 23.7 Å². The smallest absolute Gasteiger partial charge is 0.197 e. The van der Waals surface area contributed by atoms with E-state index >= 15 is 0 Å². The van der Waals surface area contributed by atoms with E-state index in [0.29, 0.717) is 13.2 Å². The third kappa shape index (κ3) is 3.44. The number of fused-ring (bicyclic) bond motifs is 1. The van der Waals surface area contributed by atoms with Gasteiger partial charge in [-0.3, -0.25) is 0 Å². The Kier molecular flexibility index (Phi) is 5.80. The van der Waals surface area contributed by atoms with Crippen LogP contribution < -0.4 is 23.2 Å². The Bertz CT molecular complexity index is 778. The summed E-state index contributed by atoms with van der Waals surface area (Å²) in [5.74, 6) is -0.600. The molecule has 2 aliphatic heterocycles. The summed E-state index contributed by atoms with van der Waals surface area (Å²) in [6.45, 7) is 7.68. The molecule has 0 spiro atoms. The topological polar surface area (TPSA) is 115 Å². The van der Waals surface area contributed by atoms with Gasteiger partial charge in [-0.2, -0.15) is 4.57 Å². The molecule has 0 N–H and O–H groups in total. The largest absolute Gasteiger partial charge is 0.348 e. The minimum Gasteiger partial charge on any atom is -0.348 e. The van der Waals surface area contributed by atoms with Crippen molar-refractivity contribution in [2.75, 3.05) is 13.2 Å². The van der Waals surface area contributed by atoms with Gasteiger partial charge in [-0.15, -0.1) is 10.2 Å². The monoisotopic (exact) mass is 409 g/mol. The number of benzene rings is 1. The predicted octanol–water partition coefficient (Wildman–Crippen LogP) is -1.40. The van der Waals surface area contributed by atoms with Crippen LogP contribution in [0, 0.1) is 10.2 Å². The van der Waals surface area contributed by atoms with Crippen LogP contribution in [0.4, 0.5) is 0 Å². The van der Waals surface area contributed by atoms with E-state index in [1.54, 1.807) is 0 Å². The maximum Gasteiger partial charge on any atom is 0.197 e. The summed E-state index contributed by atoms with van der Waals surface area (Å²) in [6, 6.07) is 15.5. The first-order chi connectivity index (χ1) is 13.2. The minimum absolute atomic E-state index is 0.266. The molecule has 3 heterocycles. The molecule has 0 radical (unpaired) electrons. The van der Waals surface area contributed by atoms with E-state index < -0.39 is 16.0 Å². The van der Waals surface area contributed by atoms with Crippen molar-refractivity contribution in [2.45, 2.75) is 44.4 Å². The number of hydrogen-bond acceptors (Lipinski definition) is 6. The first kappa shape index (κ1) is 21.1. The van der Waals surface area contributed by atoms with Gasteiger partial charge < -0.3 is 9.47 Å². The van der Waals surface area contributed by atoms with Crippen LogP contribution in [-0.2, 0) is 14.9 Å². The minimum atomic E-state index is -4.94. The fourth-order valence-corrected chi connectivity index (χ4v) is 4.66. The van der Waals surface area contributed by atoms with Crippen LogP contribution in [0.1, 0.15) is 50.1 Å². The van der Waals surface area contributed by atoms with Gasteiger partial charge in [-0.25, -0.2) is 18.6 Å². The van der Waals surface area contributed by atoms with Crippen LogP contribution in [0.5, 0.6) is 0 Å². The number of rotatable bonds is 4. The van der Waals surface area contributed by atoms with Crippen LogP contribution in [0.25, 0.3) is 0 Å². The maximum atomic E-state index is 8.49. The molecule has 0 fully saturated rings. The fraction of sp³-hybridized carbons (Fsp3) is 0.450. The zero-order valence-electron chi connectivity index (χ0n) is 16.1. The second kappa shape index (κ2) is 7.68. The number of pyridine rings is 1. The second-order valence-corrected chi connectivity index (χ2v) is 7.68. The highest BCUT2D eigenvalue weighted by Gasteiger charge is 2.67. The predicted molar refractivity (Wildman–Crippen MR) is 88.3 cm³/mol. The van der Waals surface area contributed by atoms with Gasteiger partial charge in [0, 0.05) is 30.9 Å². The normalized spacial score (nSPS) is 24.0. The third-order valence-corrected chi connectivity index (χ3v) is 5.58. The molecule has 2 unspecified atom stereocenters. The molecule has 28 heavy (non-hydrogen) atoms. The van der Waals surface area contributed by atoms with Gasteiger partial charge in [0.25, 0.3) is 0 Å². The zero-order chi connectivity index (χ0) is 20.6. The van der Waals surface area contributed by atoms with Crippen molar-refractivity contribution in [1.29, 1.82) is 0 Å². The Morgan fingerprint density at radius 2 is 1.57 bits per heavy atom. The SMILES string of the molecule is CCOC1(OCC)CC2c3ccccc3C1(C)c1cccc[n+]12.[O-][Cl+3]([O-])([O-])[O-]. The molecule has 1 aliphatic carbocycles. The van der Waals surface area contributed by atoms with E-state index in [9.17, 15) is 0 Å². The summed E-state index contributed by atoms with van der Waals surface area (Å²) < 4.78 is 49.0. The first-order valence-corrected chi connectivity index (χ1v) is 10.4. The molecular formula is C20H24ClNO6. The fourth-order valence-electron chi connectivity index (χ4n) is 4.66. The van der Waals surface area contributed by atoms with E-state index in [1.165, 1.54) is 16.8 Å². The molecule has 2 atom stereocenters. The summed E-state index contributed by atoms with van der Waals surface area (Å²) in [7, 11) is -4.94.